The van der Waals surface area contributed by atoms with Crippen molar-refractivity contribution < 1.29 is 4.74 Å². The molecule has 7 heteroatoms. The zero-order chi connectivity index (χ0) is 27.0. The summed E-state index contributed by atoms with van der Waals surface area (Å²) in [6, 6.07) is 21.4. The fourth-order valence-electron chi connectivity index (χ4n) is 5.14. The van der Waals surface area contributed by atoms with E-state index in [1.165, 1.54) is 0 Å². The first-order chi connectivity index (χ1) is 18.3. The second-order valence-electron chi connectivity index (χ2n) is 9.53. The third kappa shape index (κ3) is 4.35. The molecule has 38 heavy (non-hydrogen) atoms. The van der Waals surface area contributed by atoms with E-state index in [-0.39, 0.29) is 5.56 Å². The summed E-state index contributed by atoms with van der Waals surface area (Å²) in [5.41, 5.74) is 5.19. The minimum atomic E-state index is -0.963. The van der Waals surface area contributed by atoms with Crippen molar-refractivity contribution in [2.45, 2.75) is 25.9 Å². The van der Waals surface area contributed by atoms with Crippen molar-refractivity contribution in [3.63, 3.8) is 0 Å². The van der Waals surface area contributed by atoms with Gasteiger partial charge in [0.2, 0.25) is 0 Å². The second kappa shape index (κ2) is 10.4. The van der Waals surface area contributed by atoms with Crippen LogP contribution in [0.15, 0.2) is 84.0 Å². The van der Waals surface area contributed by atoms with Gasteiger partial charge in [-0.2, -0.15) is 0 Å². The molecule has 0 N–H and O–H groups in total. The molecular weight excluding hydrogens is 517 g/mol. The Hall–Kier alpha value is -3.38. The van der Waals surface area contributed by atoms with Crippen molar-refractivity contribution in [1.82, 2.24) is 14.1 Å². The smallest absolute Gasteiger partial charge is 0.251 e. The predicted octanol–water partition coefficient (Wildman–Crippen LogP) is 7.27. The molecule has 0 fully saturated rings. The lowest BCUT2D eigenvalue weighted by atomic mass is 9.82. The summed E-state index contributed by atoms with van der Waals surface area (Å²) in [5, 5.41) is 2.23. The molecule has 0 aliphatic heterocycles. The molecule has 0 bridgehead atoms. The summed E-state index contributed by atoms with van der Waals surface area (Å²) in [6.45, 7) is 4.59. The van der Waals surface area contributed by atoms with Crippen molar-refractivity contribution in [2.24, 2.45) is 14.1 Å². The van der Waals surface area contributed by atoms with E-state index in [0.717, 1.165) is 50.8 Å². The normalized spacial score (nSPS) is 13.1. The maximum atomic E-state index is 13.0. The lowest BCUT2D eigenvalue weighted by molar-refractivity contribution is 0.00834. The summed E-state index contributed by atoms with van der Waals surface area (Å²) in [6.07, 6.45) is 4.46. The van der Waals surface area contributed by atoms with E-state index in [1.54, 1.807) is 24.0 Å². The van der Waals surface area contributed by atoms with E-state index in [9.17, 15) is 4.79 Å². The average Bonchev–Trinajstić information content (AvgIpc) is 3.35. The lowest BCUT2D eigenvalue weighted by Gasteiger charge is -2.36. The van der Waals surface area contributed by atoms with Gasteiger partial charge in [-0.05, 0) is 71.5 Å². The maximum absolute atomic E-state index is 13.0. The quantitative estimate of drug-likeness (QED) is 0.216. The van der Waals surface area contributed by atoms with Gasteiger partial charge < -0.3 is 13.9 Å². The van der Waals surface area contributed by atoms with Crippen LogP contribution in [0.3, 0.4) is 0 Å². The molecule has 2 aromatic heterocycles. The van der Waals surface area contributed by atoms with Crippen molar-refractivity contribution in [2.75, 3.05) is 6.61 Å². The highest BCUT2D eigenvalue weighted by atomic mass is 35.5. The Morgan fingerprint density at radius 2 is 1.68 bits per heavy atom. The van der Waals surface area contributed by atoms with Crippen molar-refractivity contribution in [3.05, 3.63) is 122 Å². The highest BCUT2D eigenvalue weighted by Gasteiger charge is 2.40. The van der Waals surface area contributed by atoms with E-state index < -0.39 is 5.60 Å². The number of hydrogen-bond donors (Lipinski definition) is 0. The summed E-state index contributed by atoms with van der Waals surface area (Å²) >= 11 is 12.8. The molecule has 0 amide bonds. The number of aryl methyl sites for hydroxylation is 2. The number of halogens is 2. The molecule has 3 aromatic carbocycles. The standard InChI is InChI=1S/C31H29Cl2N3O2/c1-5-15-38-31(29-18-34-19-35(29)3,21-9-12-23(32)13-10-21)22-11-14-28-26(16-22)25(17-30(37)36(28)4)24-7-6-8-27(33)20(24)2/h6-14,16-19H,5,15H2,1-4H3. The Kier molecular flexibility index (Phi) is 7.19. The van der Waals surface area contributed by atoms with E-state index >= 15 is 0 Å². The van der Waals surface area contributed by atoms with Crippen LogP contribution in [0.2, 0.25) is 10.0 Å². The molecule has 1 unspecified atom stereocenters. The molecule has 0 saturated carbocycles. The van der Waals surface area contributed by atoms with Gasteiger partial charge in [-0.25, -0.2) is 4.98 Å². The summed E-state index contributed by atoms with van der Waals surface area (Å²) in [5.74, 6) is 0. The number of hydrogen-bond acceptors (Lipinski definition) is 3. The Bertz CT molecular complexity index is 1690. The maximum Gasteiger partial charge on any atom is 0.251 e. The molecule has 2 heterocycles. The third-order valence-corrected chi connectivity index (χ3v) is 7.82. The summed E-state index contributed by atoms with van der Waals surface area (Å²) < 4.78 is 10.5. The molecule has 0 aliphatic carbocycles. The van der Waals surface area contributed by atoms with Crippen molar-refractivity contribution in [3.8, 4) is 11.1 Å². The molecule has 5 rings (SSSR count). The molecule has 0 radical (unpaired) electrons. The largest absolute Gasteiger partial charge is 0.359 e. The number of fused-ring (bicyclic) bond motifs is 1. The second-order valence-corrected chi connectivity index (χ2v) is 10.4. The van der Waals surface area contributed by atoms with Crippen LogP contribution in [0.4, 0.5) is 0 Å². The number of benzene rings is 3. The Labute approximate surface area is 232 Å². The SMILES string of the molecule is CCCOC(c1ccc(Cl)cc1)(c1ccc2c(c1)c(-c1cccc(Cl)c1C)cc(=O)n2C)c1cncn1C. The van der Waals surface area contributed by atoms with Crippen LogP contribution < -0.4 is 5.56 Å². The average molecular weight is 546 g/mol. The minimum absolute atomic E-state index is 0.0857. The van der Waals surface area contributed by atoms with E-state index in [4.69, 9.17) is 27.9 Å². The van der Waals surface area contributed by atoms with Gasteiger partial charge in [0.1, 0.15) is 0 Å². The van der Waals surface area contributed by atoms with Crippen molar-refractivity contribution >= 4 is 34.1 Å². The number of aromatic nitrogens is 3. The fraction of sp³-hybridized carbons (Fsp3) is 0.226. The van der Waals surface area contributed by atoms with Gasteiger partial charge in [-0.1, -0.05) is 60.5 Å². The van der Waals surface area contributed by atoms with Crippen LogP contribution in [0, 0.1) is 6.92 Å². The van der Waals surface area contributed by atoms with Crippen molar-refractivity contribution in [1.29, 1.82) is 0 Å². The zero-order valence-corrected chi connectivity index (χ0v) is 23.3. The van der Waals surface area contributed by atoms with Crippen LogP contribution in [-0.4, -0.2) is 20.7 Å². The summed E-state index contributed by atoms with van der Waals surface area (Å²) in [7, 11) is 3.76. The molecule has 5 aromatic rings. The van der Waals surface area contributed by atoms with Crippen LogP contribution in [0.25, 0.3) is 22.0 Å². The minimum Gasteiger partial charge on any atom is -0.359 e. The van der Waals surface area contributed by atoms with Gasteiger partial charge in [-0.3, -0.25) is 4.79 Å². The first kappa shape index (κ1) is 26.2. The van der Waals surface area contributed by atoms with Crippen LogP contribution in [-0.2, 0) is 24.4 Å². The number of imidazole rings is 1. The van der Waals surface area contributed by atoms with Crippen LogP contribution in [0.1, 0.15) is 35.7 Å². The van der Waals surface area contributed by atoms with E-state index in [2.05, 4.69) is 18.0 Å². The molecule has 0 saturated heterocycles. The number of rotatable bonds is 7. The summed E-state index contributed by atoms with van der Waals surface area (Å²) in [4.78, 5) is 17.4. The van der Waals surface area contributed by atoms with Gasteiger partial charge in [0, 0.05) is 42.2 Å². The molecule has 194 valence electrons. The fourth-order valence-corrected chi connectivity index (χ4v) is 5.44. The highest BCUT2D eigenvalue weighted by Crippen LogP contribution is 2.43. The third-order valence-electron chi connectivity index (χ3n) is 7.16. The number of pyridine rings is 1. The zero-order valence-electron chi connectivity index (χ0n) is 21.8. The molecule has 1 atom stereocenters. The molecule has 0 spiro atoms. The molecular formula is C31H29Cl2N3O2. The number of nitrogens with zero attached hydrogens (tertiary/aromatic N) is 3. The first-order valence-corrected chi connectivity index (χ1v) is 13.3. The van der Waals surface area contributed by atoms with Gasteiger partial charge in [0.05, 0.1) is 23.7 Å². The van der Waals surface area contributed by atoms with Crippen LogP contribution in [0.5, 0.6) is 0 Å². The van der Waals surface area contributed by atoms with Gasteiger partial charge in [0.25, 0.3) is 5.56 Å². The van der Waals surface area contributed by atoms with E-state index in [1.807, 2.05) is 79.3 Å². The monoisotopic (exact) mass is 545 g/mol. The predicted molar refractivity (Wildman–Crippen MR) is 155 cm³/mol. The highest BCUT2D eigenvalue weighted by molar-refractivity contribution is 6.31. The lowest BCUT2D eigenvalue weighted by Crippen LogP contribution is -2.35. The van der Waals surface area contributed by atoms with Gasteiger partial charge >= 0.3 is 0 Å². The topological polar surface area (TPSA) is 49.1 Å². The van der Waals surface area contributed by atoms with E-state index in [0.29, 0.717) is 16.7 Å². The Morgan fingerprint density at radius 1 is 0.947 bits per heavy atom. The van der Waals surface area contributed by atoms with Crippen LogP contribution >= 0.6 is 23.2 Å². The molecule has 0 aliphatic rings. The van der Waals surface area contributed by atoms with Gasteiger partial charge in [0.15, 0.2) is 5.60 Å². The molecule has 5 nitrogen and oxygen atoms in total. The Morgan fingerprint density at radius 3 is 2.37 bits per heavy atom. The van der Waals surface area contributed by atoms with Gasteiger partial charge in [-0.15, -0.1) is 0 Å². The first-order valence-electron chi connectivity index (χ1n) is 12.5. The Balaban J connectivity index is 1.89. The number of ether oxygens (including phenoxy) is 1.